The van der Waals surface area contributed by atoms with Gasteiger partial charge in [0.25, 0.3) is 0 Å². The molecule has 1 saturated carbocycles. The molecule has 2 aliphatic rings. The maximum atomic E-state index is 10.4. The first-order chi connectivity index (χ1) is 7.28. The minimum atomic E-state index is -0.331. The largest absolute Gasteiger partial charge is 0.390 e. The zero-order valence-corrected chi connectivity index (χ0v) is 9.58. The number of aliphatic hydroxyl groups is 1. The van der Waals surface area contributed by atoms with E-state index in [0.29, 0.717) is 13.2 Å². The summed E-state index contributed by atoms with van der Waals surface area (Å²) < 4.78 is 11.2. The van der Waals surface area contributed by atoms with E-state index < -0.39 is 0 Å². The molecule has 0 amide bonds. The van der Waals surface area contributed by atoms with E-state index in [1.807, 2.05) is 6.92 Å². The van der Waals surface area contributed by atoms with Crippen molar-refractivity contribution in [1.29, 1.82) is 0 Å². The van der Waals surface area contributed by atoms with Crippen LogP contribution < -0.4 is 0 Å². The van der Waals surface area contributed by atoms with Crippen LogP contribution in [0.15, 0.2) is 0 Å². The van der Waals surface area contributed by atoms with E-state index in [1.54, 1.807) is 0 Å². The van der Waals surface area contributed by atoms with Gasteiger partial charge in [-0.05, 0) is 26.2 Å². The van der Waals surface area contributed by atoms with Crippen LogP contribution in [-0.4, -0.2) is 36.6 Å². The fourth-order valence-electron chi connectivity index (χ4n) is 3.02. The van der Waals surface area contributed by atoms with Gasteiger partial charge >= 0.3 is 0 Å². The van der Waals surface area contributed by atoms with Crippen molar-refractivity contribution in [2.75, 3.05) is 19.8 Å². The molecule has 1 aliphatic heterocycles. The molecule has 0 bridgehead atoms. The van der Waals surface area contributed by atoms with Crippen molar-refractivity contribution in [3.63, 3.8) is 0 Å². The van der Waals surface area contributed by atoms with Gasteiger partial charge in [0.05, 0.1) is 18.3 Å². The second kappa shape index (κ2) is 4.81. The molecule has 1 N–H and O–H groups in total. The van der Waals surface area contributed by atoms with Gasteiger partial charge in [-0.2, -0.15) is 0 Å². The highest BCUT2D eigenvalue weighted by atomic mass is 16.5. The van der Waals surface area contributed by atoms with E-state index in [4.69, 9.17) is 9.47 Å². The number of hydrogen-bond donors (Lipinski definition) is 1. The van der Waals surface area contributed by atoms with Crippen molar-refractivity contribution in [2.45, 2.75) is 50.7 Å². The van der Waals surface area contributed by atoms with E-state index in [9.17, 15) is 5.11 Å². The van der Waals surface area contributed by atoms with Crippen LogP contribution in [-0.2, 0) is 9.47 Å². The molecule has 88 valence electrons. The molecular formula is C12H22O3. The van der Waals surface area contributed by atoms with Crippen LogP contribution in [0.4, 0.5) is 0 Å². The molecule has 15 heavy (non-hydrogen) atoms. The van der Waals surface area contributed by atoms with Gasteiger partial charge in [-0.15, -0.1) is 0 Å². The zero-order valence-electron chi connectivity index (χ0n) is 9.58. The van der Waals surface area contributed by atoms with Crippen molar-refractivity contribution < 1.29 is 14.6 Å². The first-order valence-electron chi connectivity index (χ1n) is 6.18. The molecule has 0 radical (unpaired) electrons. The molecule has 2 unspecified atom stereocenters. The summed E-state index contributed by atoms with van der Waals surface area (Å²) in [6, 6.07) is 0. The molecule has 0 spiro atoms. The van der Waals surface area contributed by atoms with Crippen LogP contribution >= 0.6 is 0 Å². The van der Waals surface area contributed by atoms with Gasteiger partial charge in [-0.25, -0.2) is 0 Å². The molecule has 1 aliphatic carbocycles. The van der Waals surface area contributed by atoms with Crippen molar-refractivity contribution in [1.82, 2.24) is 0 Å². The first kappa shape index (κ1) is 11.4. The van der Waals surface area contributed by atoms with Gasteiger partial charge in [0.15, 0.2) is 0 Å². The van der Waals surface area contributed by atoms with Crippen molar-refractivity contribution in [3.05, 3.63) is 0 Å². The number of rotatable bonds is 4. The smallest absolute Gasteiger partial charge is 0.0943 e. The van der Waals surface area contributed by atoms with Gasteiger partial charge in [0, 0.05) is 19.1 Å². The summed E-state index contributed by atoms with van der Waals surface area (Å²) in [7, 11) is 0. The third kappa shape index (κ3) is 2.19. The van der Waals surface area contributed by atoms with E-state index in [-0.39, 0.29) is 17.6 Å². The maximum absolute atomic E-state index is 10.4. The minimum absolute atomic E-state index is 0.257. The molecule has 3 nitrogen and oxygen atoms in total. The van der Waals surface area contributed by atoms with Gasteiger partial charge in [-0.3, -0.25) is 0 Å². The zero-order chi connectivity index (χ0) is 10.7. The van der Waals surface area contributed by atoms with Gasteiger partial charge in [0.2, 0.25) is 0 Å². The van der Waals surface area contributed by atoms with Gasteiger partial charge in [0.1, 0.15) is 0 Å². The fraction of sp³-hybridized carbons (Fsp3) is 1.00. The molecular weight excluding hydrogens is 192 g/mol. The molecule has 3 heteroatoms. The van der Waals surface area contributed by atoms with E-state index in [2.05, 4.69) is 0 Å². The minimum Gasteiger partial charge on any atom is -0.390 e. The van der Waals surface area contributed by atoms with Crippen LogP contribution in [0.2, 0.25) is 0 Å². The number of hydrogen-bond acceptors (Lipinski definition) is 3. The Balaban J connectivity index is 2.02. The van der Waals surface area contributed by atoms with Gasteiger partial charge < -0.3 is 14.6 Å². The van der Waals surface area contributed by atoms with Crippen LogP contribution in [0, 0.1) is 5.92 Å². The highest BCUT2D eigenvalue weighted by molar-refractivity contribution is 4.96. The Morgan fingerprint density at radius 3 is 2.73 bits per heavy atom. The maximum Gasteiger partial charge on any atom is 0.0943 e. The third-order valence-electron chi connectivity index (χ3n) is 3.83. The van der Waals surface area contributed by atoms with E-state index in [1.165, 1.54) is 12.8 Å². The topological polar surface area (TPSA) is 38.7 Å². The van der Waals surface area contributed by atoms with E-state index in [0.717, 1.165) is 25.9 Å². The lowest BCUT2D eigenvalue weighted by atomic mass is 9.85. The lowest BCUT2D eigenvalue weighted by Gasteiger charge is -2.36. The lowest BCUT2D eigenvalue weighted by molar-refractivity contribution is -0.135. The van der Waals surface area contributed by atoms with E-state index >= 15 is 0 Å². The Hall–Kier alpha value is -0.120. The second-order valence-corrected chi connectivity index (χ2v) is 4.77. The fourth-order valence-corrected chi connectivity index (χ4v) is 3.02. The summed E-state index contributed by atoms with van der Waals surface area (Å²) in [6.45, 7) is 4.21. The summed E-state index contributed by atoms with van der Waals surface area (Å²) in [4.78, 5) is 0. The predicted molar refractivity (Wildman–Crippen MR) is 57.8 cm³/mol. The van der Waals surface area contributed by atoms with Crippen molar-refractivity contribution >= 4 is 0 Å². The Kier molecular flexibility index (Phi) is 3.65. The molecule has 2 fully saturated rings. The Morgan fingerprint density at radius 1 is 1.47 bits per heavy atom. The molecule has 1 saturated heterocycles. The van der Waals surface area contributed by atoms with Crippen LogP contribution in [0.3, 0.4) is 0 Å². The molecule has 0 aromatic rings. The van der Waals surface area contributed by atoms with Crippen molar-refractivity contribution in [3.8, 4) is 0 Å². The second-order valence-electron chi connectivity index (χ2n) is 4.77. The SMILES string of the molecule is CCOC1(C(O)C2CCOC2)CCCC1. The number of ether oxygens (including phenoxy) is 2. The summed E-state index contributed by atoms with van der Waals surface area (Å²) in [6.07, 6.45) is 5.05. The Bertz CT molecular complexity index is 193. The summed E-state index contributed by atoms with van der Waals surface area (Å²) >= 11 is 0. The lowest BCUT2D eigenvalue weighted by Crippen LogP contribution is -2.47. The average Bonchev–Trinajstić information content (AvgIpc) is 2.88. The summed E-state index contributed by atoms with van der Waals surface area (Å²) in [5.74, 6) is 0.287. The number of aliphatic hydroxyl groups excluding tert-OH is 1. The van der Waals surface area contributed by atoms with Crippen molar-refractivity contribution in [2.24, 2.45) is 5.92 Å². The average molecular weight is 214 g/mol. The summed E-state index contributed by atoms with van der Waals surface area (Å²) in [5, 5.41) is 10.4. The van der Waals surface area contributed by atoms with Crippen LogP contribution in [0.25, 0.3) is 0 Å². The Labute approximate surface area is 91.8 Å². The van der Waals surface area contributed by atoms with Crippen LogP contribution in [0.1, 0.15) is 39.0 Å². The molecule has 2 rings (SSSR count). The van der Waals surface area contributed by atoms with Crippen LogP contribution in [0.5, 0.6) is 0 Å². The van der Waals surface area contributed by atoms with Gasteiger partial charge in [-0.1, -0.05) is 12.8 Å². The molecule has 1 heterocycles. The molecule has 2 atom stereocenters. The molecule has 0 aromatic heterocycles. The monoisotopic (exact) mass is 214 g/mol. The highest BCUT2D eigenvalue weighted by Gasteiger charge is 2.45. The predicted octanol–water partition coefficient (Wildman–Crippen LogP) is 1.73. The third-order valence-corrected chi connectivity index (χ3v) is 3.83. The quantitative estimate of drug-likeness (QED) is 0.774. The molecule has 0 aromatic carbocycles. The highest BCUT2D eigenvalue weighted by Crippen LogP contribution is 2.40. The standard InChI is InChI=1S/C12H22O3/c1-2-15-12(6-3-4-7-12)11(13)10-5-8-14-9-10/h10-11,13H,2-9H2,1H3. The normalized spacial score (nSPS) is 32.0. The first-order valence-corrected chi connectivity index (χ1v) is 6.18. The Morgan fingerprint density at radius 2 is 2.20 bits per heavy atom. The summed E-state index contributed by atoms with van der Waals surface area (Å²) in [5.41, 5.74) is -0.257.